The normalized spacial score (nSPS) is 12.7. The summed E-state index contributed by atoms with van der Waals surface area (Å²) < 4.78 is 5.48. The molecular formula is C72H137NO5. The third-order valence-corrected chi connectivity index (χ3v) is 16.4. The quantitative estimate of drug-likeness (QED) is 0.0320. The van der Waals surface area contributed by atoms with E-state index in [0.29, 0.717) is 25.9 Å². The van der Waals surface area contributed by atoms with Crippen molar-refractivity contribution >= 4 is 11.9 Å². The molecular weight excluding hydrogens is 959 g/mol. The summed E-state index contributed by atoms with van der Waals surface area (Å²) in [6, 6.07) is -0.545. The third-order valence-electron chi connectivity index (χ3n) is 16.4. The van der Waals surface area contributed by atoms with E-state index in [1.54, 1.807) is 0 Å². The summed E-state index contributed by atoms with van der Waals surface area (Å²) in [5, 5.41) is 23.4. The van der Waals surface area contributed by atoms with Crippen molar-refractivity contribution in [2.75, 3.05) is 13.2 Å². The van der Waals surface area contributed by atoms with Crippen LogP contribution in [-0.2, 0) is 14.3 Å². The van der Waals surface area contributed by atoms with Crippen molar-refractivity contribution in [1.29, 1.82) is 0 Å². The molecule has 0 aromatic heterocycles. The van der Waals surface area contributed by atoms with E-state index in [4.69, 9.17) is 4.74 Å². The second kappa shape index (κ2) is 67.6. The summed E-state index contributed by atoms with van der Waals surface area (Å²) >= 11 is 0. The van der Waals surface area contributed by atoms with Gasteiger partial charge in [0, 0.05) is 12.8 Å². The van der Waals surface area contributed by atoms with Crippen molar-refractivity contribution < 1.29 is 24.5 Å². The summed E-state index contributed by atoms with van der Waals surface area (Å²) in [7, 11) is 0. The first-order valence-electron chi connectivity index (χ1n) is 35.2. The average molecular weight is 1100 g/mol. The monoisotopic (exact) mass is 1100 g/mol. The number of carbonyl (C=O) groups excluding carboxylic acids is 2. The molecule has 2 atom stereocenters. The number of rotatable bonds is 66. The summed E-state index contributed by atoms with van der Waals surface area (Å²) in [5.74, 6) is -0.0349. The molecule has 0 bridgehead atoms. The lowest BCUT2D eigenvalue weighted by Crippen LogP contribution is -2.45. The Labute approximate surface area is 487 Å². The van der Waals surface area contributed by atoms with Crippen molar-refractivity contribution in [3.63, 3.8) is 0 Å². The van der Waals surface area contributed by atoms with Crippen LogP contribution in [0.2, 0.25) is 0 Å². The van der Waals surface area contributed by atoms with Gasteiger partial charge in [-0.3, -0.25) is 9.59 Å². The highest BCUT2D eigenvalue weighted by Crippen LogP contribution is 2.19. The molecule has 0 aromatic carbocycles. The first kappa shape index (κ1) is 76.1. The number of hydrogen-bond acceptors (Lipinski definition) is 5. The molecule has 0 fully saturated rings. The summed E-state index contributed by atoms with van der Waals surface area (Å²) in [5.41, 5.74) is 0. The number of allylic oxidation sites excluding steroid dienone is 6. The maximum atomic E-state index is 12.5. The van der Waals surface area contributed by atoms with Crippen LogP contribution in [0.1, 0.15) is 386 Å². The summed E-state index contributed by atoms with van der Waals surface area (Å²) in [6.45, 7) is 4.94. The van der Waals surface area contributed by atoms with Gasteiger partial charge in [-0.1, -0.05) is 333 Å². The fraction of sp³-hybridized carbons (Fsp3) is 0.889. The van der Waals surface area contributed by atoms with E-state index in [0.717, 1.165) is 51.4 Å². The number of ether oxygens (including phenoxy) is 1. The Morgan fingerprint density at radius 3 is 1.03 bits per heavy atom. The Balaban J connectivity index is 3.40. The summed E-state index contributed by atoms with van der Waals surface area (Å²) in [6.07, 6.45) is 86.1. The fourth-order valence-corrected chi connectivity index (χ4v) is 11.0. The molecule has 0 aliphatic carbocycles. The molecule has 460 valence electrons. The van der Waals surface area contributed by atoms with Gasteiger partial charge < -0.3 is 20.3 Å². The number of nitrogens with one attached hydrogen (secondary N) is 1. The van der Waals surface area contributed by atoms with Crippen molar-refractivity contribution in [3.8, 4) is 0 Å². The van der Waals surface area contributed by atoms with Crippen LogP contribution >= 0.6 is 0 Å². The lowest BCUT2D eigenvalue weighted by Gasteiger charge is -2.22. The number of carbonyl (C=O) groups is 2. The molecule has 0 rings (SSSR count). The van der Waals surface area contributed by atoms with E-state index in [1.165, 1.54) is 302 Å². The number of aliphatic hydroxyl groups is 2. The van der Waals surface area contributed by atoms with Crippen molar-refractivity contribution in [2.45, 2.75) is 398 Å². The smallest absolute Gasteiger partial charge is 0.305 e. The molecule has 0 aromatic rings. The summed E-state index contributed by atoms with van der Waals surface area (Å²) in [4.78, 5) is 24.6. The largest absolute Gasteiger partial charge is 0.466 e. The average Bonchev–Trinajstić information content (AvgIpc) is 3.44. The molecule has 6 nitrogen and oxygen atoms in total. The van der Waals surface area contributed by atoms with Gasteiger partial charge in [0.2, 0.25) is 5.91 Å². The lowest BCUT2D eigenvalue weighted by atomic mass is 10.0. The van der Waals surface area contributed by atoms with Crippen molar-refractivity contribution in [2.24, 2.45) is 0 Å². The van der Waals surface area contributed by atoms with Gasteiger partial charge in [0.25, 0.3) is 0 Å². The first-order valence-corrected chi connectivity index (χ1v) is 35.2. The number of unbranched alkanes of at least 4 members (excludes halogenated alkanes) is 49. The van der Waals surface area contributed by atoms with Crippen LogP contribution in [0, 0.1) is 0 Å². The van der Waals surface area contributed by atoms with Gasteiger partial charge in [-0.25, -0.2) is 0 Å². The zero-order valence-electron chi connectivity index (χ0n) is 52.7. The second-order valence-corrected chi connectivity index (χ2v) is 24.2. The Morgan fingerprint density at radius 2 is 0.654 bits per heavy atom. The van der Waals surface area contributed by atoms with Crippen LogP contribution in [-0.4, -0.2) is 47.4 Å². The van der Waals surface area contributed by atoms with E-state index in [1.807, 2.05) is 0 Å². The maximum Gasteiger partial charge on any atom is 0.305 e. The molecule has 0 saturated carbocycles. The van der Waals surface area contributed by atoms with Gasteiger partial charge in [0.05, 0.1) is 25.4 Å². The highest BCUT2D eigenvalue weighted by molar-refractivity contribution is 5.76. The van der Waals surface area contributed by atoms with Gasteiger partial charge in [-0.05, 0) is 77.0 Å². The minimum atomic E-state index is -0.668. The van der Waals surface area contributed by atoms with Gasteiger partial charge in [-0.2, -0.15) is 0 Å². The molecule has 0 aliphatic rings. The van der Waals surface area contributed by atoms with Crippen molar-refractivity contribution in [1.82, 2.24) is 5.32 Å². The van der Waals surface area contributed by atoms with Gasteiger partial charge in [0.1, 0.15) is 0 Å². The molecule has 6 heteroatoms. The minimum Gasteiger partial charge on any atom is -0.466 e. The Kier molecular flexibility index (Phi) is 65.9. The fourth-order valence-electron chi connectivity index (χ4n) is 11.0. The minimum absolute atomic E-state index is 0.000673. The van der Waals surface area contributed by atoms with Gasteiger partial charge in [-0.15, -0.1) is 0 Å². The van der Waals surface area contributed by atoms with Gasteiger partial charge in [0.15, 0.2) is 0 Å². The molecule has 1 amide bonds. The number of aliphatic hydroxyl groups excluding tert-OH is 2. The Hall–Kier alpha value is -1.92. The molecule has 0 heterocycles. The number of esters is 1. The highest BCUT2D eigenvalue weighted by atomic mass is 16.5. The van der Waals surface area contributed by atoms with Crippen LogP contribution in [0.15, 0.2) is 36.5 Å². The zero-order valence-corrected chi connectivity index (χ0v) is 52.7. The predicted molar refractivity (Wildman–Crippen MR) is 343 cm³/mol. The Morgan fingerprint density at radius 1 is 0.359 bits per heavy atom. The van der Waals surface area contributed by atoms with E-state index in [-0.39, 0.29) is 18.5 Å². The topological polar surface area (TPSA) is 95.9 Å². The van der Waals surface area contributed by atoms with Crippen molar-refractivity contribution in [3.05, 3.63) is 36.5 Å². The lowest BCUT2D eigenvalue weighted by molar-refractivity contribution is -0.143. The van der Waals surface area contributed by atoms with Crippen LogP contribution in [0.25, 0.3) is 0 Å². The van der Waals surface area contributed by atoms with Crippen LogP contribution in [0.3, 0.4) is 0 Å². The van der Waals surface area contributed by atoms with Crippen LogP contribution in [0.5, 0.6) is 0 Å². The second-order valence-electron chi connectivity index (χ2n) is 24.2. The first-order chi connectivity index (χ1) is 38.5. The molecule has 0 spiro atoms. The molecule has 0 saturated heterocycles. The van der Waals surface area contributed by atoms with Gasteiger partial charge >= 0.3 is 5.97 Å². The molecule has 0 radical (unpaired) electrons. The molecule has 3 N–H and O–H groups in total. The van der Waals surface area contributed by atoms with E-state index >= 15 is 0 Å². The third kappa shape index (κ3) is 63.3. The van der Waals surface area contributed by atoms with E-state index < -0.39 is 12.1 Å². The van der Waals surface area contributed by atoms with E-state index in [2.05, 4.69) is 55.6 Å². The van der Waals surface area contributed by atoms with Crippen LogP contribution < -0.4 is 5.32 Å². The number of hydrogen-bond donors (Lipinski definition) is 3. The van der Waals surface area contributed by atoms with E-state index in [9.17, 15) is 19.8 Å². The maximum absolute atomic E-state index is 12.5. The number of amides is 1. The molecule has 2 unspecified atom stereocenters. The van der Waals surface area contributed by atoms with Crippen LogP contribution in [0.4, 0.5) is 0 Å². The zero-order chi connectivity index (χ0) is 56.4. The molecule has 78 heavy (non-hydrogen) atoms. The SMILES string of the molecule is CCCC/C=C\C/C=C\CCCCCCCC(=O)OCCCCCCCCCCCCCC/C=C\CCCCCCCCCCCC(=O)NC(CO)C(O)CCCCCCCCCCCCCCCCCCCCCCCC. The standard InChI is InChI=1S/C72H137NO5/c1-3-5-7-9-11-13-15-17-19-20-21-22-28-31-34-37-40-44-48-52-56-60-64-70(75)69(68-74)73-71(76)65-61-57-53-49-45-41-38-35-32-29-26-24-23-25-27-30-33-36-39-43-47-51-55-59-63-67-78-72(77)66-62-58-54-50-46-42-18-16-14-12-10-8-6-4-2/h10,12,16,18,24,26,69-70,74-75H,3-9,11,13-15,17,19-23,25,27-68H2,1-2H3,(H,73,76)/b12-10-,18-16-,26-24-. The predicted octanol–water partition coefficient (Wildman–Crippen LogP) is 22.7. The highest BCUT2D eigenvalue weighted by Gasteiger charge is 2.20. The Bertz CT molecular complexity index is 1260. The molecule has 0 aliphatic heterocycles.